The standard InChI is InChI=1S/C16H19N5O/c22-16(21-12-5-1-2-6-12)14-9-15(20-11-19-14)18-10-13-7-3-4-8-17-13/h3-4,7-9,11-12H,1-2,5-6,10H2,(H,21,22)(H,18,19,20). The Morgan fingerprint density at radius 3 is 2.82 bits per heavy atom. The monoisotopic (exact) mass is 297 g/mol. The fourth-order valence-corrected chi connectivity index (χ4v) is 2.59. The van der Waals surface area contributed by atoms with E-state index in [9.17, 15) is 4.79 Å². The molecule has 3 rings (SSSR count). The number of carbonyl (C=O) groups excluding carboxylic acids is 1. The van der Waals surface area contributed by atoms with Crippen molar-refractivity contribution in [2.24, 2.45) is 0 Å². The summed E-state index contributed by atoms with van der Waals surface area (Å²) in [6.45, 7) is 0.557. The summed E-state index contributed by atoms with van der Waals surface area (Å²) in [6.07, 6.45) is 7.64. The molecule has 0 aromatic carbocycles. The quantitative estimate of drug-likeness (QED) is 0.884. The Morgan fingerprint density at radius 2 is 2.05 bits per heavy atom. The number of anilines is 1. The summed E-state index contributed by atoms with van der Waals surface area (Å²) in [5.41, 5.74) is 1.31. The lowest BCUT2D eigenvalue weighted by Gasteiger charge is -2.12. The number of amides is 1. The Hall–Kier alpha value is -2.50. The van der Waals surface area contributed by atoms with Crippen LogP contribution in [-0.4, -0.2) is 26.9 Å². The van der Waals surface area contributed by atoms with Crippen molar-refractivity contribution in [1.29, 1.82) is 0 Å². The van der Waals surface area contributed by atoms with Gasteiger partial charge in [0.05, 0.1) is 12.2 Å². The highest BCUT2D eigenvalue weighted by Gasteiger charge is 2.18. The van der Waals surface area contributed by atoms with Gasteiger partial charge in [-0.15, -0.1) is 0 Å². The summed E-state index contributed by atoms with van der Waals surface area (Å²) >= 11 is 0. The second kappa shape index (κ2) is 6.98. The van der Waals surface area contributed by atoms with Crippen molar-refractivity contribution < 1.29 is 4.79 Å². The third-order valence-corrected chi connectivity index (χ3v) is 3.77. The molecule has 6 heteroatoms. The molecular weight excluding hydrogens is 278 g/mol. The first-order chi connectivity index (χ1) is 10.8. The average Bonchev–Trinajstić information content (AvgIpc) is 3.07. The molecule has 0 saturated heterocycles. The van der Waals surface area contributed by atoms with Crippen LogP contribution in [-0.2, 0) is 6.54 Å². The molecule has 22 heavy (non-hydrogen) atoms. The van der Waals surface area contributed by atoms with E-state index in [1.807, 2.05) is 18.2 Å². The first-order valence-electron chi connectivity index (χ1n) is 7.58. The zero-order chi connectivity index (χ0) is 15.2. The lowest BCUT2D eigenvalue weighted by Crippen LogP contribution is -2.33. The molecule has 2 heterocycles. The Balaban J connectivity index is 1.60. The van der Waals surface area contributed by atoms with Gasteiger partial charge in [-0.25, -0.2) is 9.97 Å². The van der Waals surface area contributed by atoms with E-state index in [0.717, 1.165) is 18.5 Å². The number of carbonyl (C=O) groups is 1. The number of hydrogen-bond acceptors (Lipinski definition) is 5. The van der Waals surface area contributed by atoms with E-state index >= 15 is 0 Å². The van der Waals surface area contributed by atoms with Gasteiger partial charge >= 0.3 is 0 Å². The molecule has 0 spiro atoms. The third kappa shape index (κ3) is 3.78. The summed E-state index contributed by atoms with van der Waals surface area (Å²) in [7, 11) is 0. The van der Waals surface area contributed by atoms with Crippen molar-refractivity contribution in [3.63, 3.8) is 0 Å². The molecular formula is C16H19N5O. The molecule has 1 aliphatic rings. The van der Waals surface area contributed by atoms with Gasteiger partial charge in [0.1, 0.15) is 17.8 Å². The molecule has 2 aromatic rings. The lowest BCUT2D eigenvalue weighted by molar-refractivity contribution is 0.0932. The molecule has 1 amide bonds. The molecule has 1 saturated carbocycles. The van der Waals surface area contributed by atoms with E-state index in [1.165, 1.54) is 19.2 Å². The van der Waals surface area contributed by atoms with Crippen molar-refractivity contribution >= 4 is 11.7 Å². The van der Waals surface area contributed by atoms with Gasteiger partial charge in [0.25, 0.3) is 5.91 Å². The second-order valence-electron chi connectivity index (χ2n) is 5.42. The second-order valence-corrected chi connectivity index (χ2v) is 5.42. The molecule has 0 unspecified atom stereocenters. The minimum atomic E-state index is -0.129. The smallest absolute Gasteiger partial charge is 0.270 e. The van der Waals surface area contributed by atoms with Crippen molar-refractivity contribution in [2.75, 3.05) is 5.32 Å². The van der Waals surface area contributed by atoms with Crippen LogP contribution in [0, 0.1) is 0 Å². The topological polar surface area (TPSA) is 79.8 Å². The van der Waals surface area contributed by atoms with Crippen LogP contribution >= 0.6 is 0 Å². The summed E-state index contributed by atoms with van der Waals surface area (Å²) in [4.78, 5) is 24.6. The van der Waals surface area contributed by atoms with E-state index in [1.54, 1.807) is 12.3 Å². The lowest BCUT2D eigenvalue weighted by atomic mass is 10.2. The van der Waals surface area contributed by atoms with Crippen LogP contribution in [0.4, 0.5) is 5.82 Å². The Bertz CT molecular complexity index is 625. The van der Waals surface area contributed by atoms with E-state index < -0.39 is 0 Å². The Kier molecular flexibility index (Phi) is 4.58. The molecule has 6 nitrogen and oxygen atoms in total. The predicted octanol–water partition coefficient (Wildman–Crippen LogP) is 2.16. The van der Waals surface area contributed by atoms with Crippen LogP contribution in [0.15, 0.2) is 36.8 Å². The van der Waals surface area contributed by atoms with Gasteiger partial charge in [0.15, 0.2) is 0 Å². The number of hydrogen-bond donors (Lipinski definition) is 2. The molecule has 1 fully saturated rings. The van der Waals surface area contributed by atoms with E-state index in [2.05, 4.69) is 25.6 Å². The van der Waals surface area contributed by atoms with E-state index in [-0.39, 0.29) is 11.9 Å². The van der Waals surface area contributed by atoms with Gasteiger partial charge in [-0.1, -0.05) is 18.9 Å². The fraction of sp³-hybridized carbons (Fsp3) is 0.375. The highest BCUT2D eigenvalue weighted by Crippen LogP contribution is 2.18. The van der Waals surface area contributed by atoms with Crippen LogP contribution in [0.25, 0.3) is 0 Å². The molecule has 1 aliphatic carbocycles. The zero-order valence-corrected chi connectivity index (χ0v) is 12.3. The maximum absolute atomic E-state index is 12.2. The summed E-state index contributed by atoms with van der Waals surface area (Å²) in [6, 6.07) is 7.70. The van der Waals surface area contributed by atoms with Crippen molar-refractivity contribution in [3.05, 3.63) is 48.2 Å². The van der Waals surface area contributed by atoms with Crippen molar-refractivity contribution in [3.8, 4) is 0 Å². The predicted molar refractivity (Wildman–Crippen MR) is 83.3 cm³/mol. The zero-order valence-electron chi connectivity index (χ0n) is 12.3. The molecule has 0 radical (unpaired) electrons. The highest BCUT2D eigenvalue weighted by molar-refractivity contribution is 5.93. The van der Waals surface area contributed by atoms with Gasteiger partial charge in [0, 0.05) is 18.3 Å². The average molecular weight is 297 g/mol. The van der Waals surface area contributed by atoms with Crippen LogP contribution < -0.4 is 10.6 Å². The minimum Gasteiger partial charge on any atom is -0.364 e. The molecule has 114 valence electrons. The summed E-state index contributed by atoms with van der Waals surface area (Å²) < 4.78 is 0. The van der Waals surface area contributed by atoms with Crippen molar-refractivity contribution in [1.82, 2.24) is 20.3 Å². The van der Waals surface area contributed by atoms with Gasteiger partial charge in [-0.3, -0.25) is 9.78 Å². The molecule has 0 aliphatic heterocycles. The first kappa shape index (κ1) is 14.4. The maximum atomic E-state index is 12.2. The molecule has 2 N–H and O–H groups in total. The Morgan fingerprint density at radius 1 is 1.18 bits per heavy atom. The van der Waals surface area contributed by atoms with Crippen molar-refractivity contribution in [2.45, 2.75) is 38.3 Å². The van der Waals surface area contributed by atoms with Gasteiger partial charge < -0.3 is 10.6 Å². The van der Waals surface area contributed by atoms with Crippen LogP contribution in [0.5, 0.6) is 0 Å². The fourth-order valence-electron chi connectivity index (χ4n) is 2.59. The first-order valence-corrected chi connectivity index (χ1v) is 7.58. The molecule has 2 aromatic heterocycles. The molecule has 0 atom stereocenters. The van der Waals surface area contributed by atoms with Crippen LogP contribution in [0.2, 0.25) is 0 Å². The summed E-state index contributed by atoms with van der Waals surface area (Å²) in [5.74, 6) is 0.493. The van der Waals surface area contributed by atoms with E-state index in [0.29, 0.717) is 18.1 Å². The van der Waals surface area contributed by atoms with Gasteiger partial charge in [-0.05, 0) is 25.0 Å². The highest BCUT2D eigenvalue weighted by atomic mass is 16.1. The van der Waals surface area contributed by atoms with Crippen LogP contribution in [0.1, 0.15) is 41.9 Å². The van der Waals surface area contributed by atoms with Gasteiger partial charge in [0.2, 0.25) is 0 Å². The number of pyridine rings is 1. The van der Waals surface area contributed by atoms with Gasteiger partial charge in [-0.2, -0.15) is 0 Å². The van der Waals surface area contributed by atoms with Crippen LogP contribution in [0.3, 0.4) is 0 Å². The number of rotatable bonds is 5. The SMILES string of the molecule is O=C(NC1CCCC1)c1cc(NCc2ccccn2)ncn1. The number of nitrogens with one attached hydrogen (secondary N) is 2. The third-order valence-electron chi connectivity index (χ3n) is 3.77. The molecule has 0 bridgehead atoms. The normalized spacial score (nSPS) is 14.7. The Labute approximate surface area is 129 Å². The minimum absolute atomic E-state index is 0.129. The largest absolute Gasteiger partial charge is 0.364 e. The van der Waals surface area contributed by atoms with E-state index in [4.69, 9.17) is 0 Å². The summed E-state index contributed by atoms with van der Waals surface area (Å²) in [5, 5.41) is 6.18. The number of nitrogens with zero attached hydrogens (tertiary/aromatic N) is 3. The maximum Gasteiger partial charge on any atom is 0.270 e. The number of aromatic nitrogens is 3.